The van der Waals surface area contributed by atoms with Gasteiger partial charge in [0.1, 0.15) is 11.8 Å². The van der Waals surface area contributed by atoms with E-state index >= 15 is 0 Å². The molecule has 0 saturated heterocycles. The van der Waals surface area contributed by atoms with Gasteiger partial charge in [0.2, 0.25) is 0 Å². The molecule has 0 aliphatic heterocycles. The highest BCUT2D eigenvalue weighted by molar-refractivity contribution is 5.87. The molecule has 0 unspecified atom stereocenters. The average molecular weight is 332 g/mol. The number of esters is 1. The Labute approximate surface area is 145 Å². The van der Waals surface area contributed by atoms with Crippen molar-refractivity contribution in [2.75, 3.05) is 7.11 Å². The number of carbonyl (C=O) groups excluding carboxylic acids is 1. The molecular weight excluding hydrogens is 316 g/mol. The maximum atomic E-state index is 11.8. The van der Waals surface area contributed by atoms with Gasteiger partial charge < -0.3 is 4.74 Å². The first kappa shape index (κ1) is 16.4. The number of benzene rings is 1. The van der Waals surface area contributed by atoms with E-state index < -0.39 is 5.97 Å². The topological polar surface area (TPSA) is 80.8 Å². The fraction of sp³-hybridized carbons (Fsp3) is 0.158. The Bertz CT molecular complexity index is 939. The second-order valence-electron chi connectivity index (χ2n) is 5.52. The highest BCUT2D eigenvalue weighted by Gasteiger charge is 2.15. The van der Waals surface area contributed by atoms with E-state index in [9.17, 15) is 10.1 Å². The SMILES string of the molecule is COC(=O)c1cc(Cc2ccc(-n3cccn3)cc2)c(C#N)c(C)n1. The summed E-state index contributed by atoms with van der Waals surface area (Å²) in [5.74, 6) is -0.511. The summed E-state index contributed by atoms with van der Waals surface area (Å²) < 4.78 is 6.51. The molecule has 0 amide bonds. The predicted molar refractivity (Wildman–Crippen MR) is 91.4 cm³/mol. The minimum Gasteiger partial charge on any atom is -0.464 e. The number of hydrogen-bond acceptors (Lipinski definition) is 5. The molecule has 25 heavy (non-hydrogen) atoms. The summed E-state index contributed by atoms with van der Waals surface area (Å²) >= 11 is 0. The van der Waals surface area contributed by atoms with E-state index in [1.54, 1.807) is 23.9 Å². The van der Waals surface area contributed by atoms with Crippen molar-refractivity contribution in [1.82, 2.24) is 14.8 Å². The van der Waals surface area contributed by atoms with Crippen LogP contribution >= 0.6 is 0 Å². The molecule has 0 bridgehead atoms. The highest BCUT2D eigenvalue weighted by atomic mass is 16.5. The summed E-state index contributed by atoms with van der Waals surface area (Å²) in [6.07, 6.45) is 4.12. The van der Waals surface area contributed by atoms with Crippen LogP contribution in [0.4, 0.5) is 0 Å². The molecule has 0 fully saturated rings. The largest absolute Gasteiger partial charge is 0.464 e. The summed E-state index contributed by atoms with van der Waals surface area (Å²) in [6.45, 7) is 1.72. The molecular formula is C19H16N4O2. The molecule has 1 aromatic carbocycles. The van der Waals surface area contributed by atoms with Gasteiger partial charge in [-0.25, -0.2) is 14.5 Å². The van der Waals surface area contributed by atoms with Gasteiger partial charge in [-0.2, -0.15) is 10.4 Å². The lowest BCUT2D eigenvalue weighted by atomic mass is 9.99. The molecule has 0 aliphatic carbocycles. The number of rotatable bonds is 4. The smallest absolute Gasteiger partial charge is 0.356 e. The van der Waals surface area contributed by atoms with Crippen LogP contribution in [0.15, 0.2) is 48.8 Å². The van der Waals surface area contributed by atoms with Crippen molar-refractivity contribution < 1.29 is 9.53 Å². The van der Waals surface area contributed by atoms with Crippen LogP contribution in [-0.4, -0.2) is 27.8 Å². The maximum absolute atomic E-state index is 11.8. The van der Waals surface area contributed by atoms with Crippen molar-refractivity contribution in [3.63, 3.8) is 0 Å². The Balaban J connectivity index is 1.93. The molecule has 3 rings (SSSR count). The van der Waals surface area contributed by atoms with E-state index in [0.717, 1.165) is 16.8 Å². The quantitative estimate of drug-likeness (QED) is 0.686. The van der Waals surface area contributed by atoms with Crippen LogP contribution in [0.25, 0.3) is 5.69 Å². The average Bonchev–Trinajstić information content (AvgIpc) is 3.16. The molecule has 0 saturated carbocycles. The van der Waals surface area contributed by atoms with Crippen LogP contribution < -0.4 is 0 Å². The Kier molecular flexibility index (Phi) is 4.57. The third-order valence-electron chi connectivity index (χ3n) is 3.89. The molecule has 0 radical (unpaired) electrons. The normalized spacial score (nSPS) is 10.3. The summed E-state index contributed by atoms with van der Waals surface area (Å²) in [6, 6.07) is 13.5. The van der Waals surface area contributed by atoms with Crippen LogP contribution in [-0.2, 0) is 11.2 Å². The number of aromatic nitrogens is 3. The molecule has 0 N–H and O–H groups in total. The lowest BCUT2D eigenvalue weighted by Gasteiger charge is -2.10. The minimum atomic E-state index is -0.511. The number of nitriles is 1. The van der Waals surface area contributed by atoms with Gasteiger partial charge in [-0.3, -0.25) is 0 Å². The van der Waals surface area contributed by atoms with Gasteiger partial charge in [-0.1, -0.05) is 12.1 Å². The first-order valence-electron chi connectivity index (χ1n) is 7.70. The third kappa shape index (κ3) is 3.40. The Morgan fingerprint density at radius 1 is 1.32 bits per heavy atom. The maximum Gasteiger partial charge on any atom is 0.356 e. The number of hydrogen-bond donors (Lipinski definition) is 0. The lowest BCUT2D eigenvalue weighted by molar-refractivity contribution is 0.0593. The molecule has 0 spiro atoms. The van der Waals surface area contributed by atoms with Crippen LogP contribution in [0.1, 0.15) is 32.9 Å². The van der Waals surface area contributed by atoms with Crippen molar-refractivity contribution in [2.24, 2.45) is 0 Å². The van der Waals surface area contributed by atoms with Crippen molar-refractivity contribution in [3.8, 4) is 11.8 Å². The van der Waals surface area contributed by atoms with Crippen molar-refractivity contribution in [1.29, 1.82) is 5.26 Å². The first-order valence-corrected chi connectivity index (χ1v) is 7.70. The first-order chi connectivity index (χ1) is 12.1. The van der Waals surface area contributed by atoms with Gasteiger partial charge in [-0.05, 0) is 48.7 Å². The van der Waals surface area contributed by atoms with E-state index in [1.165, 1.54) is 7.11 Å². The van der Waals surface area contributed by atoms with Crippen molar-refractivity contribution in [3.05, 3.63) is 76.9 Å². The Morgan fingerprint density at radius 3 is 2.68 bits per heavy atom. The zero-order valence-corrected chi connectivity index (χ0v) is 13.9. The van der Waals surface area contributed by atoms with E-state index in [-0.39, 0.29) is 5.69 Å². The number of carbonyl (C=O) groups is 1. The number of methoxy groups -OCH3 is 1. The van der Waals surface area contributed by atoms with Gasteiger partial charge in [-0.15, -0.1) is 0 Å². The third-order valence-corrected chi connectivity index (χ3v) is 3.89. The summed E-state index contributed by atoms with van der Waals surface area (Å²) in [7, 11) is 1.31. The zero-order chi connectivity index (χ0) is 17.8. The lowest BCUT2D eigenvalue weighted by Crippen LogP contribution is -2.09. The van der Waals surface area contributed by atoms with Crippen LogP contribution in [0, 0.1) is 18.3 Å². The van der Waals surface area contributed by atoms with E-state index in [4.69, 9.17) is 4.74 Å². The summed E-state index contributed by atoms with van der Waals surface area (Å²) in [5.41, 5.74) is 3.95. The highest BCUT2D eigenvalue weighted by Crippen LogP contribution is 2.19. The van der Waals surface area contributed by atoms with Crippen LogP contribution in [0.2, 0.25) is 0 Å². The number of pyridine rings is 1. The van der Waals surface area contributed by atoms with Crippen molar-refractivity contribution in [2.45, 2.75) is 13.3 Å². The van der Waals surface area contributed by atoms with E-state index in [0.29, 0.717) is 17.7 Å². The molecule has 124 valence electrons. The van der Waals surface area contributed by atoms with Crippen LogP contribution in [0.3, 0.4) is 0 Å². The Morgan fingerprint density at radius 2 is 2.08 bits per heavy atom. The second kappa shape index (κ2) is 6.97. The number of ether oxygens (including phenoxy) is 1. The van der Waals surface area contributed by atoms with Gasteiger partial charge >= 0.3 is 5.97 Å². The fourth-order valence-corrected chi connectivity index (χ4v) is 2.65. The number of aryl methyl sites for hydroxylation is 1. The molecule has 6 nitrogen and oxygen atoms in total. The van der Waals surface area contributed by atoms with Gasteiger partial charge in [0, 0.05) is 12.4 Å². The molecule has 0 atom stereocenters. The molecule has 6 heteroatoms. The van der Waals surface area contributed by atoms with Crippen molar-refractivity contribution >= 4 is 5.97 Å². The molecule has 2 heterocycles. The minimum absolute atomic E-state index is 0.210. The zero-order valence-electron chi connectivity index (χ0n) is 13.9. The number of nitrogens with zero attached hydrogens (tertiary/aromatic N) is 4. The molecule has 2 aromatic heterocycles. The van der Waals surface area contributed by atoms with E-state index in [2.05, 4.69) is 16.2 Å². The predicted octanol–water partition coefficient (Wildman–Crippen LogP) is 2.82. The van der Waals surface area contributed by atoms with Gasteiger partial charge in [0.05, 0.1) is 24.1 Å². The standard InChI is InChI=1S/C19H16N4O2/c1-13-17(12-20)15(11-18(22-13)19(24)25-2)10-14-4-6-16(7-5-14)23-9-3-8-21-23/h3-9,11H,10H2,1-2H3. The summed E-state index contributed by atoms with van der Waals surface area (Å²) in [5, 5.41) is 13.6. The monoisotopic (exact) mass is 332 g/mol. The fourth-order valence-electron chi connectivity index (χ4n) is 2.65. The van der Waals surface area contributed by atoms with E-state index in [1.807, 2.05) is 36.5 Å². The second-order valence-corrected chi connectivity index (χ2v) is 5.52. The molecule has 0 aliphatic rings. The van der Waals surface area contributed by atoms with Gasteiger partial charge in [0.15, 0.2) is 0 Å². The van der Waals surface area contributed by atoms with Crippen LogP contribution in [0.5, 0.6) is 0 Å². The molecule has 3 aromatic rings. The van der Waals surface area contributed by atoms with Gasteiger partial charge in [0.25, 0.3) is 0 Å². The summed E-state index contributed by atoms with van der Waals surface area (Å²) in [4.78, 5) is 15.9. The Hall–Kier alpha value is -3.46.